The summed E-state index contributed by atoms with van der Waals surface area (Å²) in [5.41, 5.74) is 0. The Morgan fingerprint density at radius 2 is 2.42 bits per heavy atom. The highest BCUT2D eigenvalue weighted by Gasteiger charge is 2.15. The van der Waals surface area contributed by atoms with E-state index in [-0.39, 0.29) is 6.42 Å². The van der Waals surface area contributed by atoms with E-state index < -0.39 is 12.1 Å². The summed E-state index contributed by atoms with van der Waals surface area (Å²) in [6, 6.07) is 1.62. The summed E-state index contributed by atoms with van der Waals surface area (Å²) in [6.45, 7) is 0. The Bertz CT molecular complexity index is 281. The van der Waals surface area contributed by atoms with Gasteiger partial charge in [-0.05, 0) is 22.0 Å². The molecule has 0 bridgehead atoms. The zero-order valence-electron chi connectivity index (χ0n) is 6.03. The quantitative estimate of drug-likeness (QED) is 0.820. The molecule has 0 amide bonds. The monoisotopic (exact) mass is 234 g/mol. The van der Waals surface area contributed by atoms with Crippen LogP contribution in [-0.2, 0) is 11.2 Å². The molecule has 0 fully saturated rings. The van der Waals surface area contributed by atoms with Crippen LogP contribution in [0.1, 0.15) is 5.76 Å². The highest BCUT2D eigenvalue weighted by molar-refractivity contribution is 9.10. The number of carboxylic acid groups (broad SMARTS) is 1. The molecule has 1 heterocycles. The predicted octanol–water partition coefficient (Wildman–Crippen LogP) is 1.03. The number of hydrogen-bond acceptors (Lipinski definition) is 3. The molecule has 1 aromatic heterocycles. The molecule has 1 atom stereocenters. The van der Waals surface area contributed by atoms with E-state index in [0.717, 1.165) is 4.47 Å². The maximum absolute atomic E-state index is 10.2. The number of carbonyl (C=O) groups is 1. The molecule has 0 aliphatic rings. The highest BCUT2D eigenvalue weighted by Crippen LogP contribution is 2.15. The summed E-state index contributed by atoms with van der Waals surface area (Å²) in [5.74, 6) is -0.806. The van der Waals surface area contributed by atoms with E-state index in [2.05, 4.69) is 15.9 Å². The largest absolute Gasteiger partial charge is 0.479 e. The first-order valence-electron chi connectivity index (χ1n) is 3.23. The zero-order chi connectivity index (χ0) is 9.14. The summed E-state index contributed by atoms with van der Waals surface area (Å²) in [7, 11) is 0. The van der Waals surface area contributed by atoms with Crippen LogP contribution in [0.5, 0.6) is 0 Å². The van der Waals surface area contributed by atoms with Crippen LogP contribution in [-0.4, -0.2) is 22.3 Å². The van der Waals surface area contributed by atoms with Crippen LogP contribution in [0.2, 0.25) is 0 Å². The van der Waals surface area contributed by atoms with Crippen molar-refractivity contribution in [3.8, 4) is 0 Å². The normalized spacial score (nSPS) is 12.8. The third kappa shape index (κ3) is 2.35. The summed E-state index contributed by atoms with van der Waals surface area (Å²) in [5, 5.41) is 17.3. The van der Waals surface area contributed by atoms with Crippen LogP contribution in [0.4, 0.5) is 0 Å². The number of rotatable bonds is 3. The fraction of sp³-hybridized carbons (Fsp3) is 0.286. The van der Waals surface area contributed by atoms with Crippen LogP contribution in [0.15, 0.2) is 21.2 Å². The second-order valence-electron chi connectivity index (χ2n) is 2.29. The van der Waals surface area contributed by atoms with Gasteiger partial charge in [-0.25, -0.2) is 4.79 Å². The lowest BCUT2D eigenvalue weighted by Crippen LogP contribution is -2.21. The lowest BCUT2D eigenvalue weighted by Gasteiger charge is -2.00. The molecule has 0 saturated heterocycles. The van der Waals surface area contributed by atoms with E-state index in [1.807, 2.05) is 0 Å². The van der Waals surface area contributed by atoms with E-state index >= 15 is 0 Å². The zero-order valence-corrected chi connectivity index (χ0v) is 7.61. The first kappa shape index (κ1) is 9.28. The Balaban J connectivity index is 2.58. The minimum atomic E-state index is -1.40. The molecule has 1 aromatic rings. The molecule has 1 rings (SSSR count). The van der Waals surface area contributed by atoms with E-state index in [9.17, 15) is 4.79 Å². The van der Waals surface area contributed by atoms with Gasteiger partial charge in [0.25, 0.3) is 0 Å². The van der Waals surface area contributed by atoms with Crippen LogP contribution in [0, 0.1) is 0 Å². The van der Waals surface area contributed by atoms with Crippen molar-refractivity contribution in [2.45, 2.75) is 12.5 Å². The fourth-order valence-electron chi connectivity index (χ4n) is 0.739. The highest BCUT2D eigenvalue weighted by atomic mass is 79.9. The lowest BCUT2D eigenvalue weighted by atomic mass is 10.2. The van der Waals surface area contributed by atoms with Gasteiger partial charge in [0.2, 0.25) is 0 Å². The molecular weight excluding hydrogens is 228 g/mol. The van der Waals surface area contributed by atoms with Crippen molar-refractivity contribution >= 4 is 21.9 Å². The van der Waals surface area contributed by atoms with Gasteiger partial charge in [-0.2, -0.15) is 0 Å². The summed E-state index contributed by atoms with van der Waals surface area (Å²) < 4.78 is 5.65. The SMILES string of the molecule is O=C(O)C(O)Cc1cc(Br)co1. The molecule has 0 aliphatic carbocycles. The summed E-state index contributed by atoms with van der Waals surface area (Å²) in [4.78, 5) is 10.2. The smallest absolute Gasteiger partial charge is 0.332 e. The number of aliphatic carboxylic acids is 1. The van der Waals surface area contributed by atoms with Crippen molar-refractivity contribution in [1.82, 2.24) is 0 Å². The topological polar surface area (TPSA) is 70.7 Å². The van der Waals surface area contributed by atoms with Crippen molar-refractivity contribution in [1.29, 1.82) is 0 Å². The Kier molecular flexibility index (Phi) is 2.88. The van der Waals surface area contributed by atoms with E-state index in [4.69, 9.17) is 14.6 Å². The third-order valence-electron chi connectivity index (χ3n) is 1.30. The minimum absolute atomic E-state index is 0.0130. The Hall–Kier alpha value is -0.810. The molecule has 0 aliphatic heterocycles. The van der Waals surface area contributed by atoms with Gasteiger partial charge in [0.1, 0.15) is 12.0 Å². The minimum Gasteiger partial charge on any atom is -0.479 e. The number of furan rings is 1. The molecule has 5 heteroatoms. The summed E-state index contributed by atoms with van der Waals surface area (Å²) >= 11 is 3.14. The van der Waals surface area contributed by atoms with Gasteiger partial charge in [0.05, 0.1) is 4.47 Å². The van der Waals surface area contributed by atoms with Gasteiger partial charge in [-0.15, -0.1) is 0 Å². The van der Waals surface area contributed by atoms with Gasteiger partial charge in [-0.1, -0.05) is 0 Å². The second-order valence-corrected chi connectivity index (χ2v) is 3.21. The number of halogens is 1. The number of hydrogen-bond donors (Lipinski definition) is 2. The number of carboxylic acids is 1. The Morgan fingerprint density at radius 1 is 1.75 bits per heavy atom. The van der Waals surface area contributed by atoms with Crippen LogP contribution in [0.3, 0.4) is 0 Å². The van der Waals surface area contributed by atoms with E-state index in [0.29, 0.717) is 5.76 Å². The molecule has 4 nitrogen and oxygen atoms in total. The molecule has 12 heavy (non-hydrogen) atoms. The maximum Gasteiger partial charge on any atom is 0.332 e. The molecule has 0 aromatic carbocycles. The van der Waals surface area contributed by atoms with Gasteiger partial charge in [0.15, 0.2) is 6.10 Å². The van der Waals surface area contributed by atoms with Crippen molar-refractivity contribution in [3.63, 3.8) is 0 Å². The molecule has 66 valence electrons. The Labute approximate surface area is 76.9 Å². The average molecular weight is 235 g/mol. The van der Waals surface area contributed by atoms with E-state index in [1.165, 1.54) is 6.26 Å². The molecule has 0 radical (unpaired) electrons. The molecule has 2 N–H and O–H groups in total. The molecule has 0 saturated carbocycles. The van der Waals surface area contributed by atoms with Gasteiger partial charge in [-0.3, -0.25) is 0 Å². The second kappa shape index (κ2) is 3.73. The first-order valence-corrected chi connectivity index (χ1v) is 4.02. The molecule has 0 spiro atoms. The predicted molar refractivity (Wildman–Crippen MR) is 43.8 cm³/mol. The third-order valence-corrected chi connectivity index (χ3v) is 1.72. The van der Waals surface area contributed by atoms with Gasteiger partial charge in [0, 0.05) is 6.42 Å². The van der Waals surface area contributed by atoms with Crippen LogP contribution < -0.4 is 0 Å². The summed E-state index contributed by atoms with van der Waals surface area (Å²) in [6.07, 6.45) is 0.0215. The van der Waals surface area contributed by atoms with Crippen molar-refractivity contribution in [2.75, 3.05) is 0 Å². The van der Waals surface area contributed by atoms with Crippen LogP contribution >= 0.6 is 15.9 Å². The number of aliphatic hydroxyl groups is 1. The van der Waals surface area contributed by atoms with Gasteiger partial charge >= 0.3 is 5.97 Å². The maximum atomic E-state index is 10.2. The number of aliphatic hydroxyl groups excluding tert-OH is 1. The first-order chi connectivity index (χ1) is 5.59. The van der Waals surface area contributed by atoms with Crippen molar-refractivity contribution in [2.24, 2.45) is 0 Å². The van der Waals surface area contributed by atoms with E-state index in [1.54, 1.807) is 6.07 Å². The average Bonchev–Trinajstić information content (AvgIpc) is 2.35. The fourth-order valence-corrected chi connectivity index (χ4v) is 1.09. The molecular formula is C7H7BrO4. The lowest BCUT2D eigenvalue weighted by molar-refractivity contribution is -0.146. The van der Waals surface area contributed by atoms with Crippen molar-refractivity contribution < 1.29 is 19.4 Å². The van der Waals surface area contributed by atoms with Crippen LogP contribution in [0.25, 0.3) is 0 Å². The van der Waals surface area contributed by atoms with Crippen molar-refractivity contribution in [3.05, 3.63) is 22.6 Å². The molecule has 1 unspecified atom stereocenters. The van der Waals surface area contributed by atoms with Gasteiger partial charge < -0.3 is 14.6 Å². The Morgan fingerprint density at radius 3 is 2.83 bits per heavy atom. The standard InChI is InChI=1S/C7H7BrO4/c8-4-1-5(12-3-4)2-6(9)7(10)11/h1,3,6,9H,2H2,(H,10,11).